The van der Waals surface area contributed by atoms with Crippen LogP contribution in [0.5, 0.6) is 0 Å². The Morgan fingerprint density at radius 3 is 2.93 bits per heavy atom. The molecule has 3 N–H and O–H groups in total. The van der Waals surface area contributed by atoms with Gasteiger partial charge in [-0.3, -0.25) is 4.79 Å². The quantitative estimate of drug-likeness (QED) is 0.689. The van der Waals surface area contributed by atoms with Crippen molar-refractivity contribution in [1.82, 2.24) is 4.98 Å². The minimum absolute atomic E-state index is 0.320. The van der Waals surface area contributed by atoms with Crippen molar-refractivity contribution in [3.05, 3.63) is 24.1 Å². The number of amides is 1. The molecule has 0 saturated carbocycles. The van der Waals surface area contributed by atoms with E-state index >= 15 is 0 Å². The van der Waals surface area contributed by atoms with Gasteiger partial charge in [0.1, 0.15) is 11.6 Å². The van der Waals surface area contributed by atoms with E-state index in [4.69, 9.17) is 5.73 Å². The number of nitrogens with zero attached hydrogens (tertiary/aromatic N) is 1. The van der Waals surface area contributed by atoms with Crippen LogP contribution < -0.4 is 11.1 Å². The first-order chi connectivity index (χ1) is 6.68. The first kappa shape index (κ1) is 10.4. The molecule has 0 aliphatic heterocycles. The Morgan fingerprint density at radius 2 is 2.36 bits per heavy atom. The molecule has 4 nitrogen and oxygen atoms in total. The van der Waals surface area contributed by atoms with Crippen LogP contribution in [0.15, 0.2) is 18.3 Å². The van der Waals surface area contributed by atoms with Crippen LogP contribution in [0.3, 0.4) is 0 Å². The van der Waals surface area contributed by atoms with Gasteiger partial charge in [-0.2, -0.15) is 0 Å². The van der Waals surface area contributed by atoms with Crippen molar-refractivity contribution >= 4 is 11.7 Å². The molecule has 1 aromatic rings. The number of pyridine rings is 1. The zero-order chi connectivity index (χ0) is 10.4. The maximum atomic E-state index is 12.4. The molecule has 0 aliphatic carbocycles. The average Bonchev–Trinajstić information content (AvgIpc) is 2.15. The maximum absolute atomic E-state index is 12.4. The van der Waals surface area contributed by atoms with Crippen molar-refractivity contribution in [3.8, 4) is 0 Å². The smallest absolute Gasteiger partial charge is 0.217 e. The monoisotopic (exact) mass is 197 g/mol. The minimum atomic E-state index is -0.368. The summed E-state index contributed by atoms with van der Waals surface area (Å²) < 4.78 is 12.4. The molecule has 1 heterocycles. The first-order valence-corrected chi connectivity index (χ1v) is 4.32. The lowest BCUT2D eigenvalue weighted by Crippen LogP contribution is -2.12. The van der Waals surface area contributed by atoms with E-state index in [0.717, 1.165) is 6.20 Å². The van der Waals surface area contributed by atoms with Crippen molar-refractivity contribution in [2.45, 2.75) is 12.8 Å². The SMILES string of the molecule is NC(=O)CCCNc1ccc(F)cn1. The van der Waals surface area contributed by atoms with E-state index in [1.165, 1.54) is 6.07 Å². The van der Waals surface area contributed by atoms with Gasteiger partial charge < -0.3 is 11.1 Å². The van der Waals surface area contributed by atoms with Gasteiger partial charge in [-0.25, -0.2) is 9.37 Å². The molecule has 1 rings (SSSR count). The van der Waals surface area contributed by atoms with Gasteiger partial charge in [-0.15, -0.1) is 0 Å². The second kappa shape index (κ2) is 5.16. The third kappa shape index (κ3) is 3.84. The van der Waals surface area contributed by atoms with Gasteiger partial charge in [-0.05, 0) is 18.6 Å². The highest BCUT2D eigenvalue weighted by molar-refractivity contribution is 5.73. The molecule has 1 aromatic heterocycles. The number of halogens is 1. The second-order valence-corrected chi connectivity index (χ2v) is 2.86. The van der Waals surface area contributed by atoms with Gasteiger partial charge in [0, 0.05) is 13.0 Å². The first-order valence-electron chi connectivity index (χ1n) is 4.32. The van der Waals surface area contributed by atoms with E-state index in [2.05, 4.69) is 10.3 Å². The topological polar surface area (TPSA) is 68.0 Å². The number of carbonyl (C=O) groups excluding carboxylic acids is 1. The summed E-state index contributed by atoms with van der Waals surface area (Å²) in [4.78, 5) is 14.2. The molecule has 0 aliphatic rings. The van der Waals surface area contributed by atoms with Crippen molar-refractivity contribution in [2.75, 3.05) is 11.9 Å². The van der Waals surface area contributed by atoms with Crippen molar-refractivity contribution < 1.29 is 9.18 Å². The largest absolute Gasteiger partial charge is 0.370 e. The van der Waals surface area contributed by atoms with E-state index in [1.54, 1.807) is 6.07 Å². The summed E-state index contributed by atoms with van der Waals surface area (Å²) in [6.07, 6.45) is 2.12. The molecule has 76 valence electrons. The zero-order valence-corrected chi connectivity index (χ0v) is 7.66. The number of nitrogens with one attached hydrogen (secondary N) is 1. The fraction of sp³-hybridized carbons (Fsp3) is 0.333. The molecule has 0 fully saturated rings. The van der Waals surface area contributed by atoms with Gasteiger partial charge in [0.25, 0.3) is 0 Å². The van der Waals surface area contributed by atoms with Crippen LogP contribution in [0.1, 0.15) is 12.8 Å². The fourth-order valence-corrected chi connectivity index (χ4v) is 0.959. The summed E-state index contributed by atoms with van der Waals surface area (Å²) in [6.45, 7) is 0.599. The molecular formula is C9H12FN3O. The van der Waals surface area contributed by atoms with Crippen LogP contribution in [-0.2, 0) is 4.79 Å². The molecule has 0 spiro atoms. The number of hydrogen-bond donors (Lipinski definition) is 2. The van der Waals surface area contributed by atoms with Crippen LogP contribution >= 0.6 is 0 Å². The van der Waals surface area contributed by atoms with Crippen LogP contribution in [0.2, 0.25) is 0 Å². The Bertz CT molecular complexity index is 299. The average molecular weight is 197 g/mol. The van der Waals surface area contributed by atoms with Crippen LogP contribution in [0.25, 0.3) is 0 Å². The molecule has 14 heavy (non-hydrogen) atoms. The summed E-state index contributed by atoms with van der Waals surface area (Å²) >= 11 is 0. The van der Waals surface area contributed by atoms with Gasteiger partial charge in [-0.1, -0.05) is 0 Å². The number of carbonyl (C=O) groups is 1. The molecule has 0 radical (unpaired) electrons. The van der Waals surface area contributed by atoms with Crippen LogP contribution in [0, 0.1) is 5.82 Å². The highest BCUT2D eigenvalue weighted by Crippen LogP contribution is 2.03. The molecule has 0 atom stereocenters. The van der Waals surface area contributed by atoms with E-state index in [-0.39, 0.29) is 11.7 Å². The Balaban J connectivity index is 2.25. The summed E-state index contributed by atoms with van der Waals surface area (Å²) in [7, 11) is 0. The molecular weight excluding hydrogens is 185 g/mol. The molecule has 0 bridgehead atoms. The molecule has 0 saturated heterocycles. The van der Waals surface area contributed by atoms with Crippen molar-refractivity contribution in [3.63, 3.8) is 0 Å². The zero-order valence-electron chi connectivity index (χ0n) is 7.66. The van der Waals surface area contributed by atoms with Gasteiger partial charge in [0.2, 0.25) is 5.91 Å². The summed E-state index contributed by atoms with van der Waals surface area (Å²) in [5.74, 6) is -0.0950. The highest BCUT2D eigenvalue weighted by atomic mass is 19.1. The summed E-state index contributed by atoms with van der Waals surface area (Å²) in [5.41, 5.74) is 4.96. The number of rotatable bonds is 5. The lowest BCUT2D eigenvalue weighted by atomic mass is 10.3. The third-order valence-electron chi connectivity index (χ3n) is 1.63. The molecule has 5 heteroatoms. The van der Waals surface area contributed by atoms with Crippen molar-refractivity contribution in [1.29, 1.82) is 0 Å². The van der Waals surface area contributed by atoms with E-state index in [1.807, 2.05) is 0 Å². The number of hydrogen-bond acceptors (Lipinski definition) is 3. The predicted molar refractivity (Wildman–Crippen MR) is 51.1 cm³/mol. The Kier molecular flexibility index (Phi) is 3.84. The lowest BCUT2D eigenvalue weighted by molar-refractivity contribution is -0.118. The summed E-state index contributed by atoms with van der Waals surface area (Å²) in [6, 6.07) is 2.86. The normalized spacial score (nSPS) is 9.79. The Labute approximate surface area is 81.3 Å². The van der Waals surface area contributed by atoms with Gasteiger partial charge >= 0.3 is 0 Å². The highest BCUT2D eigenvalue weighted by Gasteiger charge is 1.96. The Hall–Kier alpha value is -1.65. The number of aromatic nitrogens is 1. The van der Waals surface area contributed by atoms with E-state index in [9.17, 15) is 9.18 Å². The predicted octanol–water partition coefficient (Wildman–Crippen LogP) is 0.898. The Morgan fingerprint density at radius 1 is 1.57 bits per heavy atom. The third-order valence-corrected chi connectivity index (χ3v) is 1.63. The minimum Gasteiger partial charge on any atom is -0.370 e. The second-order valence-electron chi connectivity index (χ2n) is 2.86. The standard InChI is InChI=1S/C9H12FN3O/c10-7-3-4-9(13-6-7)12-5-1-2-8(11)14/h3-4,6H,1-2,5H2,(H2,11,14)(H,12,13). The maximum Gasteiger partial charge on any atom is 0.217 e. The molecule has 1 amide bonds. The van der Waals surface area contributed by atoms with Crippen molar-refractivity contribution in [2.24, 2.45) is 5.73 Å². The van der Waals surface area contributed by atoms with Gasteiger partial charge in [0.15, 0.2) is 0 Å². The molecule has 0 unspecified atom stereocenters. The number of anilines is 1. The van der Waals surface area contributed by atoms with E-state index < -0.39 is 0 Å². The lowest BCUT2D eigenvalue weighted by Gasteiger charge is -2.03. The van der Waals surface area contributed by atoms with Crippen LogP contribution in [0.4, 0.5) is 10.2 Å². The number of nitrogens with two attached hydrogens (primary N) is 1. The summed E-state index contributed by atoms with van der Waals surface area (Å²) in [5, 5.41) is 2.94. The molecule has 0 aromatic carbocycles. The van der Waals surface area contributed by atoms with E-state index in [0.29, 0.717) is 25.2 Å². The fourth-order valence-electron chi connectivity index (χ4n) is 0.959. The number of primary amides is 1. The van der Waals surface area contributed by atoms with Gasteiger partial charge in [0.05, 0.1) is 6.20 Å². The van der Waals surface area contributed by atoms with Crippen LogP contribution in [-0.4, -0.2) is 17.4 Å².